The van der Waals surface area contributed by atoms with Crippen molar-refractivity contribution in [2.45, 2.75) is 0 Å². The summed E-state index contributed by atoms with van der Waals surface area (Å²) < 4.78 is 3.19. The molecule has 0 saturated carbocycles. The summed E-state index contributed by atoms with van der Waals surface area (Å²) in [7, 11) is 3.48. The average Bonchev–Trinajstić information content (AvgIpc) is 2.73. The Hall–Kier alpha value is -2.24. The molecule has 0 saturated heterocycles. The zero-order valence-corrected chi connectivity index (χ0v) is 9.01. The van der Waals surface area contributed by atoms with Gasteiger partial charge < -0.3 is 15.4 Å². The Morgan fingerprint density at radius 3 is 2.69 bits per heavy atom. The molecule has 2 rings (SSSR count). The Morgan fingerprint density at radius 2 is 2.19 bits per heavy atom. The number of nitrogens with zero attached hydrogens (tertiary/aromatic N) is 3. The van der Waals surface area contributed by atoms with Gasteiger partial charge in [0.1, 0.15) is 5.82 Å². The summed E-state index contributed by atoms with van der Waals surface area (Å²) >= 11 is 0. The molecule has 0 spiro atoms. The van der Waals surface area contributed by atoms with Crippen molar-refractivity contribution in [1.29, 1.82) is 0 Å². The van der Waals surface area contributed by atoms with Gasteiger partial charge in [-0.3, -0.25) is 4.68 Å². The molecular weight excluding hydrogens is 208 g/mol. The number of carbonyl (C=O) groups is 1. The second-order valence-electron chi connectivity index (χ2n) is 3.60. The van der Waals surface area contributed by atoms with Crippen LogP contribution in [0.3, 0.4) is 0 Å². The van der Waals surface area contributed by atoms with Gasteiger partial charge >= 0.3 is 5.97 Å². The SMILES string of the molecule is Cn1ccc(-c2c(C(=O)O)nn(C)c2N)c1. The Kier molecular flexibility index (Phi) is 2.19. The minimum absolute atomic E-state index is 0.0220. The van der Waals surface area contributed by atoms with Crippen LogP contribution in [-0.2, 0) is 14.1 Å². The maximum atomic E-state index is 11.0. The summed E-state index contributed by atoms with van der Waals surface area (Å²) in [4.78, 5) is 11.0. The molecule has 2 aromatic heterocycles. The maximum absolute atomic E-state index is 11.0. The largest absolute Gasteiger partial charge is 0.476 e. The summed E-state index contributed by atoms with van der Waals surface area (Å²) in [6.07, 6.45) is 3.63. The number of rotatable bonds is 2. The molecule has 0 aliphatic rings. The van der Waals surface area contributed by atoms with E-state index in [-0.39, 0.29) is 5.69 Å². The Bertz CT molecular complexity index is 553. The molecule has 2 heterocycles. The molecule has 2 aromatic rings. The van der Waals surface area contributed by atoms with E-state index in [1.54, 1.807) is 19.3 Å². The predicted molar refractivity (Wildman–Crippen MR) is 59.0 cm³/mol. The van der Waals surface area contributed by atoms with Gasteiger partial charge in [0.15, 0.2) is 5.69 Å². The van der Waals surface area contributed by atoms with Crippen molar-refractivity contribution in [3.05, 3.63) is 24.2 Å². The van der Waals surface area contributed by atoms with Crippen LogP contribution in [0.5, 0.6) is 0 Å². The van der Waals surface area contributed by atoms with Crippen molar-refractivity contribution in [2.24, 2.45) is 14.1 Å². The van der Waals surface area contributed by atoms with Gasteiger partial charge in [0.2, 0.25) is 0 Å². The molecule has 3 N–H and O–H groups in total. The van der Waals surface area contributed by atoms with E-state index in [1.807, 2.05) is 17.8 Å². The third kappa shape index (κ3) is 1.44. The predicted octanol–water partition coefficient (Wildman–Crippen LogP) is 0.706. The molecule has 0 unspecified atom stereocenters. The lowest BCUT2D eigenvalue weighted by molar-refractivity contribution is 0.0690. The van der Waals surface area contributed by atoms with Gasteiger partial charge in [0.25, 0.3) is 0 Å². The second kappa shape index (κ2) is 3.41. The molecule has 16 heavy (non-hydrogen) atoms. The van der Waals surface area contributed by atoms with Crippen molar-refractivity contribution in [3.8, 4) is 11.1 Å². The van der Waals surface area contributed by atoms with E-state index in [4.69, 9.17) is 10.8 Å². The summed E-state index contributed by atoms with van der Waals surface area (Å²) in [5.74, 6) is -0.727. The van der Waals surface area contributed by atoms with Gasteiger partial charge in [-0.1, -0.05) is 0 Å². The maximum Gasteiger partial charge on any atom is 0.357 e. The van der Waals surface area contributed by atoms with Gasteiger partial charge in [-0.25, -0.2) is 4.79 Å². The molecule has 6 nitrogen and oxygen atoms in total. The monoisotopic (exact) mass is 220 g/mol. The number of aryl methyl sites for hydroxylation is 2. The van der Waals surface area contributed by atoms with Crippen LogP contribution in [0.2, 0.25) is 0 Å². The topological polar surface area (TPSA) is 86.1 Å². The number of anilines is 1. The van der Waals surface area contributed by atoms with Crippen molar-refractivity contribution >= 4 is 11.8 Å². The first-order chi connectivity index (χ1) is 7.50. The van der Waals surface area contributed by atoms with Crippen LogP contribution < -0.4 is 5.73 Å². The highest BCUT2D eigenvalue weighted by Crippen LogP contribution is 2.29. The molecule has 0 aromatic carbocycles. The third-order valence-corrected chi connectivity index (χ3v) is 2.41. The first-order valence-electron chi connectivity index (χ1n) is 4.69. The number of aromatic carboxylic acids is 1. The number of hydrogen-bond acceptors (Lipinski definition) is 3. The van der Waals surface area contributed by atoms with Crippen LogP contribution in [0.1, 0.15) is 10.5 Å². The molecule has 0 bridgehead atoms. The van der Waals surface area contributed by atoms with Gasteiger partial charge in [-0.2, -0.15) is 5.10 Å². The standard InChI is InChI=1S/C10H12N4O2/c1-13-4-3-6(5-13)7-8(10(15)16)12-14(2)9(7)11/h3-5H,11H2,1-2H3,(H,15,16). The van der Waals surface area contributed by atoms with Crippen LogP contribution in [0.25, 0.3) is 11.1 Å². The lowest BCUT2D eigenvalue weighted by atomic mass is 10.1. The minimum Gasteiger partial charge on any atom is -0.476 e. The fourth-order valence-corrected chi connectivity index (χ4v) is 1.62. The molecule has 0 aliphatic heterocycles. The van der Waals surface area contributed by atoms with Crippen molar-refractivity contribution in [2.75, 3.05) is 5.73 Å². The van der Waals surface area contributed by atoms with E-state index >= 15 is 0 Å². The van der Waals surface area contributed by atoms with E-state index < -0.39 is 5.97 Å². The Balaban J connectivity index is 2.67. The average molecular weight is 220 g/mol. The number of nitrogen functional groups attached to an aromatic ring is 1. The second-order valence-corrected chi connectivity index (χ2v) is 3.60. The molecule has 84 valence electrons. The van der Waals surface area contributed by atoms with Crippen LogP contribution >= 0.6 is 0 Å². The van der Waals surface area contributed by atoms with Crippen LogP contribution in [0.4, 0.5) is 5.82 Å². The lowest BCUT2D eigenvalue weighted by Gasteiger charge is -1.98. The summed E-state index contributed by atoms with van der Waals surface area (Å²) in [5, 5.41) is 12.9. The number of carboxylic acids is 1. The van der Waals surface area contributed by atoms with Crippen molar-refractivity contribution in [1.82, 2.24) is 14.3 Å². The quantitative estimate of drug-likeness (QED) is 0.780. The number of carboxylic acid groups (broad SMARTS) is 1. The fraction of sp³-hybridized carbons (Fsp3) is 0.200. The van der Waals surface area contributed by atoms with E-state index in [0.29, 0.717) is 11.4 Å². The van der Waals surface area contributed by atoms with E-state index in [2.05, 4.69) is 5.10 Å². The van der Waals surface area contributed by atoms with Gasteiger partial charge in [0.05, 0.1) is 5.56 Å². The molecule has 0 atom stereocenters. The Labute approximate surface area is 91.9 Å². The number of nitrogens with two attached hydrogens (primary N) is 1. The molecular formula is C10H12N4O2. The molecule has 0 aliphatic carbocycles. The highest BCUT2D eigenvalue weighted by molar-refractivity contribution is 5.97. The summed E-state index contributed by atoms with van der Waals surface area (Å²) in [5.41, 5.74) is 7.01. The lowest BCUT2D eigenvalue weighted by Crippen LogP contribution is -2.00. The van der Waals surface area contributed by atoms with E-state index in [9.17, 15) is 4.79 Å². The molecule has 0 radical (unpaired) electrons. The molecule has 0 amide bonds. The highest BCUT2D eigenvalue weighted by Gasteiger charge is 2.21. The zero-order valence-electron chi connectivity index (χ0n) is 9.01. The normalized spacial score (nSPS) is 10.6. The Morgan fingerprint density at radius 1 is 1.50 bits per heavy atom. The van der Waals surface area contributed by atoms with Gasteiger partial charge in [-0.05, 0) is 6.07 Å². The van der Waals surface area contributed by atoms with Gasteiger partial charge in [0, 0.05) is 32.1 Å². The van der Waals surface area contributed by atoms with Crippen molar-refractivity contribution < 1.29 is 9.90 Å². The van der Waals surface area contributed by atoms with E-state index in [0.717, 1.165) is 5.56 Å². The third-order valence-electron chi connectivity index (χ3n) is 2.41. The summed E-state index contributed by atoms with van der Waals surface area (Å²) in [6.45, 7) is 0. The molecule has 0 fully saturated rings. The minimum atomic E-state index is -1.08. The van der Waals surface area contributed by atoms with E-state index in [1.165, 1.54) is 4.68 Å². The van der Waals surface area contributed by atoms with Crippen molar-refractivity contribution in [3.63, 3.8) is 0 Å². The number of aromatic nitrogens is 3. The first kappa shape index (κ1) is 10.3. The fourth-order valence-electron chi connectivity index (χ4n) is 1.62. The first-order valence-corrected chi connectivity index (χ1v) is 4.69. The van der Waals surface area contributed by atoms with Crippen LogP contribution in [-0.4, -0.2) is 25.4 Å². The van der Waals surface area contributed by atoms with Crippen LogP contribution in [0, 0.1) is 0 Å². The van der Waals surface area contributed by atoms with Gasteiger partial charge in [-0.15, -0.1) is 0 Å². The van der Waals surface area contributed by atoms with Crippen LogP contribution in [0.15, 0.2) is 18.5 Å². The summed E-state index contributed by atoms with van der Waals surface area (Å²) in [6, 6.07) is 1.81. The highest BCUT2D eigenvalue weighted by atomic mass is 16.4. The number of hydrogen-bond donors (Lipinski definition) is 2. The zero-order chi connectivity index (χ0) is 11.9. The molecule has 6 heteroatoms. The smallest absolute Gasteiger partial charge is 0.357 e.